The maximum Gasteiger partial charge on any atom is 0.224 e. The van der Waals surface area contributed by atoms with Gasteiger partial charge in [0.1, 0.15) is 11.9 Å². The highest BCUT2D eigenvalue weighted by molar-refractivity contribution is 7.91. The molecule has 210 valence electrons. The molecule has 0 saturated carbocycles. The summed E-state index contributed by atoms with van der Waals surface area (Å²) in [5.41, 5.74) is 1.89. The molecule has 1 aliphatic heterocycles. The molecule has 40 heavy (non-hydrogen) atoms. The molecule has 2 heterocycles. The number of aromatic amines is 1. The Morgan fingerprint density at radius 3 is 2.45 bits per heavy atom. The second-order valence-corrected chi connectivity index (χ2v) is 11.2. The van der Waals surface area contributed by atoms with Crippen LogP contribution in [0.15, 0.2) is 101 Å². The molecule has 1 aliphatic rings. The summed E-state index contributed by atoms with van der Waals surface area (Å²) in [7, 11) is -3.32. The van der Waals surface area contributed by atoms with E-state index in [1.54, 1.807) is 18.2 Å². The summed E-state index contributed by atoms with van der Waals surface area (Å²) in [6, 6.07) is 28.8. The lowest BCUT2D eigenvalue weighted by Gasteiger charge is -2.33. The lowest BCUT2D eigenvalue weighted by atomic mass is 10.1. The largest absolute Gasteiger partial charge is 0.489 e. The van der Waals surface area contributed by atoms with E-state index in [1.165, 1.54) is 5.56 Å². The zero-order valence-electron chi connectivity index (χ0n) is 23.2. The zero-order chi connectivity index (χ0) is 28.5. The fourth-order valence-corrected chi connectivity index (χ4v) is 6.64. The van der Waals surface area contributed by atoms with E-state index in [4.69, 9.17) is 4.74 Å². The van der Waals surface area contributed by atoms with E-state index in [9.17, 15) is 12.8 Å². The normalized spacial score (nSPS) is 15.6. The highest BCUT2D eigenvalue weighted by Crippen LogP contribution is 2.33. The number of nitrogens with one attached hydrogen (secondary N) is 1. The number of hydrogen-bond acceptors (Lipinski definition) is 5. The van der Waals surface area contributed by atoms with E-state index in [0.717, 1.165) is 37.9 Å². The van der Waals surface area contributed by atoms with Crippen molar-refractivity contribution >= 4 is 31.5 Å². The van der Waals surface area contributed by atoms with Gasteiger partial charge >= 0.3 is 0 Å². The average Bonchev–Trinajstić information content (AvgIpc) is 3.44. The molecule has 0 amide bonds. The molecule has 5 aromatic rings. The summed E-state index contributed by atoms with van der Waals surface area (Å²) in [5, 5.41) is 9.25. The number of fused-ring (bicyclic) bond motifs is 2. The zero-order valence-corrected chi connectivity index (χ0v) is 24.0. The minimum absolute atomic E-state index is 0.0462. The highest BCUT2D eigenvalue weighted by Gasteiger charge is 2.26. The third kappa shape index (κ3) is 6.35. The predicted molar refractivity (Wildman–Crippen MR) is 159 cm³/mol. The molecule has 1 fully saturated rings. The van der Waals surface area contributed by atoms with Gasteiger partial charge in [-0.3, -0.25) is 14.4 Å². The molecule has 1 aromatic heterocycles. The summed E-state index contributed by atoms with van der Waals surface area (Å²) in [6.07, 6.45) is 2.08. The fourth-order valence-electron chi connectivity index (χ4n) is 5.07. The number of rotatable bonds is 6. The van der Waals surface area contributed by atoms with Crippen LogP contribution in [-0.4, -0.2) is 49.9 Å². The minimum atomic E-state index is -3.82. The molecule has 0 bridgehead atoms. The van der Waals surface area contributed by atoms with Gasteiger partial charge in [0.15, 0.2) is 5.03 Å². The number of H-pyrrole nitrogens is 1. The Kier molecular flexibility index (Phi) is 9.90. The Bertz CT molecular complexity index is 1630. The Balaban J connectivity index is 0.000000886. The van der Waals surface area contributed by atoms with Crippen molar-refractivity contribution in [2.75, 3.05) is 20.3 Å². The van der Waals surface area contributed by atoms with Gasteiger partial charge in [0.25, 0.3) is 0 Å². The summed E-state index contributed by atoms with van der Waals surface area (Å²) in [6.45, 7) is 6.78. The molecule has 0 radical (unpaired) electrons. The van der Waals surface area contributed by atoms with Gasteiger partial charge in [0.05, 0.1) is 17.6 Å². The second kappa shape index (κ2) is 13.5. The number of likely N-dealkylation sites (tertiary alicyclic amines) is 1. The third-order valence-corrected chi connectivity index (χ3v) is 8.60. The van der Waals surface area contributed by atoms with E-state index in [1.807, 2.05) is 62.4 Å². The number of sulfone groups is 1. The molecular weight excluding hydrogens is 525 g/mol. The van der Waals surface area contributed by atoms with Crippen LogP contribution < -0.4 is 4.74 Å². The van der Waals surface area contributed by atoms with E-state index in [0.29, 0.717) is 29.2 Å². The van der Waals surface area contributed by atoms with Crippen LogP contribution in [0.3, 0.4) is 0 Å². The molecule has 1 atom stereocenters. The van der Waals surface area contributed by atoms with E-state index in [-0.39, 0.29) is 16.0 Å². The predicted octanol–water partition coefficient (Wildman–Crippen LogP) is 7.20. The molecule has 8 heteroatoms. The second-order valence-electron chi connectivity index (χ2n) is 9.32. The molecule has 1 N–H and O–H groups in total. The quantitative estimate of drug-likeness (QED) is 0.237. The topological polar surface area (TPSA) is 75.3 Å². The van der Waals surface area contributed by atoms with Gasteiger partial charge in [0, 0.05) is 23.9 Å². The maximum atomic E-state index is 13.7. The fraction of sp³-hybridized carbons (Fsp3) is 0.281. The van der Waals surface area contributed by atoms with Crippen LogP contribution in [0.2, 0.25) is 0 Å². The standard InChI is InChI=1S/C29H27N3O3S.C2H6.CH3F/c33-36(34,28-14-6-11-22-10-4-5-13-25(22)28)29-26-18-23(15-16-27(26)30-31-29)35-24-12-7-17-32(20-24)19-21-8-2-1-3-9-21;2*1-2/h1-6,8-11,13-16,18,24H,7,12,17,19-20H2,(H,30,31);1-2H3;1H3. The Labute approximate surface area is 235 Å². The first-order valence-corrected chi connectivity index (χ1v) is 15.1. The van der Waals surface area contributed by atoms with Crippen LogP contribution >= 0.6 is 0 Å². The van der Waals surface area contributed by atoms with Crippen molar-refractivity contribution in [3.05, 3.63) is 96.6 Å². The third-order valence-electron chi connectivity index (χ3n) is 6.81. The van der Waals surface area contributed by atoms with Gasteiger partial charge in [-0.05, 0) is 54.6 Å². The maximum absolute atomic E-state index is 13.7. The number of aromatic nitrogens is 2. The van der Waals surface area contributed by atoms with E-state index >= 15 is 0 Å². The Morgan fingerprint density at radius 2 is 1.65 bits per heavy atom. The van der Waals surface area contributed by atoms with Crippen LogP contribution in [0.25, 0.3) is 21.7 Å². The van der Waals surface area contributed by atoms with Crippen molar-refractivity contribution in [3.8, 4) is 5.75 Å². The van der Waals surface area contributed by atoms with Crippen molar-refractivity contribution < 1.29 is 17.5 Å². The monoisotopic (exact) mass is 561 g/mol. The van der Waals surface area contributed by atoms with Gasteiger partial charge in [-0.15, -0.1) is 0 Å². The first-order valence-electron chi connectivity index (χ1n) is 13.6. The summed E-state index contributed by atoms with van der Waals surface area (Å²) >= 11 is 0. The number of halogens is 1. The summed E-state index contributed by atoms with van der Waals surface area (Å²) < 4.78 is 43.3. The highest BCUT2D eigenvalue weighted by atomic mass is 32.2. The Hall–Kier alpha value is -3.75. The average molecular weight is 562 g/mol. The van der Waals surface area contributed by atoms with Crippen LogP contribution in [0.5, 0.6) is 5.75 Å². The van der Waals surface area contributed by atoms with Gasteiger partial charge in [0.2, 0.25) is 9.84 Å². The number of benzene rings is 4. The Morgan fingerprint density at radius 1 is 0.925 bits per heavy atom. The van der Waals surface area contributed by atoms with Crippen LogP contribution in [0.4, 0.5) is 4.39 Å². The lowest BCUT2D eigenvalue weighted by Crippen LogP contribution is -2.40. The molecule has 4 aromatic carbocycles. The minimum Gasteiger partial charge on any atom is -0.489 e. The first kappa shape index (κ1) is 29.2. The van der Waals surface area contributed by atoms with Crippen LogP contribution in [-0.2, 0) is 16.4 Å². The van der Waals surface area contributed by atoms with Gasteiger partial charge in [-0.2, -0.15) is 5.10 Å². The lowest BCUT2D eigenvalue weighted by molar-refractivity contribution is 0.0844. The van der Waals surface area contributed by atoms with Crippen LogP contribution in [0.1, 0.15) is 32.3 Å². The van der Waals surface area contributed by atoms with Crippen molar-refractivity contribution in [1.82, 2.24) is 15.1 Å². The molecular formula is C32H36FN3O3S. The number of piperidine rings is 1. The summed E-state index contributed by atoms with van der Waals surface area (Å²) in [4.78, 5) is 2.68. The van der Waals surface area contributed by atoms with Crippen molar-refractivity contribution in [3.63, 3.8) is 0 Å². The molecule has 0 aliphatic carbocycles. The molecule has 6 rings (SSSR count). The molecule has 1 unspecified atom stereocenters. The van der Waals surface area contributed by atoms with E-state index in [2.05, 4.69) is 39.4 Å². The number of ether oxygens (including phenoxy) is 1. The number of hydrogen-bond donors (Lipinski definition) is 1. The molecule has 1 saturated heterocycles. The number of alkyl halides is 1. The van der Waals surface area contributed by atoms with Crippen LogP contribution in [0, 0.1) is 0 Å². The van der Waals surface area contributed by atoms with Gasteiger partial charge in [-0.1, -0.05) is 80.6 Å². The van der Waals surface area contributed by atoms with Crippen molar-refractivity contribution in [2.45, 2.75) is 49.3 Å². The molecule has 0 spiro atoms. The molecule has 6 nitrogen and oxygen atoms in total. The number of nitrogens with zero attached hydrogens (tertiary/aromatic N) is 2. The summed E-state index contributed by atoms with van der Waals surface area (Å²) in [5.74, 6) is 0.657. The van der Waals surface area contributed by atoms with Gasteiger partial charge < -0.3 is 4.74 Å². The van der Waals surface area contributed by atoms with Crippen molar-refractivity contribution in [2.24, 2.45) is 0 Å². The smallest absolute Gasteiger partial charge is 0.224 e. The van der Waals surface area contributed by atoms with E-state index < -0.39 is 9.84 Å². The van der Waals surface area contributed by atoms with Gasteiger partial charge in [-0.25, -0.2) is 8.42 Å². The van der Waals surface area contributed by atoms with Crippen molar-refractivity contribution in [1.29, 1.82) is 0 Å². The SMILES string of the molecule is CC.CF.O=S(=O)(c1cccc2ccccc12)c1[nH]nc2ccc(OC3CCCN(Cc4ccccc4)C3)cc12. The first-order chi connectivity index (χ1) is 19.6.